The molecule has 134 valence electrons. The van der Waals surface area contributed by atoms with E-state index in [1.54, 1.807) is 6.20 Å². The first-order valence-corrected chi connectivity index (χ1v) is 9.22. The monoisotopic (exact) mass is 367 g/mol. The van der Waals surface area contributed by atoms with E-state index in [4.69, 9.17) is 4.74 Å². The van der Waals surface area contributed by atoms with Crippen molar-refractivity contribution in [2.75, 3.05) is 0 Å². The molecule has 0 aliphatic rings. The van der Waals surface area contributed by atoms with Crippen LogP contribution in [-0.2, 0) is 6.61 Å². The summed E-state index contributed by atoms with van der Waals surface area (Å²) in [6, 6.07) is 13.6. The number of nitrogens with one attached hydrogen (secondary N) is 1. The van der Waals surface area contributed by atoms with Crippen LogP contribution in [-0.4, -0.2) is 15.9 Å². The van der Waals surface area contributed by atoms with Crippen molar-refractivity contribution in [3.8, 4) is 5.75 Å². The van der Waals surface area contributed by atoms with Crippen LogP contribution in [0, 0.1) is 13.8 Å². The van der Waals surface area contributed by atoms with Gasteiger partial charge in [-0.15, -0.1) is 11.3 Å². The van der Waals surface area contributed by atoms with E-state index >= 15 is 0 Å². The number of carbonyl (C=O) groups excluding carboxylic acids is 1. The quantitative estimate of drug-likeness (QED) is 0.708. The molecule has 0 fully saturated rings. The molecule has 0 bridgehead atoms. The number of ether oxygens (including phenoxy) is 1. The van der Waals surface area contributed by atoms with Gasteiger partial charge in [-0.2, -0.15) is 0 Å². The van der Waals surface area contributed by atoms with E-state index in [9.17, 15) is 4.79 Å². The van der Waals surface area contributed by atoms with Crippen molar-refractivity contribution in [3.05, 3.63) is 75.5 Å². The lowest BCUT2D eigenvalue weighted by atomic mass is 10.1. The average molecular weight is 367 g/mol. The smallest absolute Gasteiger partial charge is 0.263 e. The second-order valence-corrected chi connectivity index (χ2v) is 7.14. The van der Waals surface area contributed by atoms with Crippen LogP contribution in [0.3, 0.4) is 0 Å². The Kier molecular flexibility index (Phi) is 5.63. The Labute approximate surface area is 157 Å². The lowest BCUT2D eigenvalue weighted by Gasteiger charge is -2.13. The summed E-state index contributed by atoms with van der Waals surface area (Å²) in [4.78, 5) is 21.9. The number of hydrogen-bond donors (Lipinski definition) is 1. The van der Waals surface area contributed by atoms with E-state index in [1.807, 2.05) is 63.2 Å². The lowest BCUT2D eigenvalue weighted by Crippen LogP contribution is -2.26. The van der Waals surface area contributed by atoms with Gasteiger partial charge in [0, 0.05) is 5.69 Å². The molecule has 1 aromatic carbocycles. The molecule has 2 aromatic heterocycles. The third-order valence-electron chi connectivity index (χ3n) is 3.94. The van der Waals surface area contributed by atoms with Crippen molar-refractivity contribution < 1.29 is 9.53 Å². The Morgan fingerprint density at radius 3 is 2.65 bits per heavy atom. The molecule has 6 heteroatoms. The highest BCUT2D eigenvalue weighted by atomic mass is 32.1. The summed E-state index contributed by atoms with van der Waals surface area (Å²) in [6.07, 6.45) is 1.69. The van der Waals surface area contributed by atoms with Gasteiger partial charge in [-0.25, -0.2) is 4.98 Å². The Balaban J connectivity index is 1.63. The fraction of sp³-hybridized carbons (Fsp3) is 0.250. The maximum Gasteiger partial charge on any atom is 0.263 e. The summed E-state index contributed by atoms with van der Waals surface area (Å²) in [5.41, 5.74) is 2.72. The molecule has 0 radical (unpaired) electrons. The Bertz CT molecular complexity index is 876. The zero-order valence-corrected chi connectivity index (χ0v) is 15.8. The summed E-state index contributed by atoms with van der Waals surface area (Å²) in [7, 11) is 0. The molecule has 0 saturated heterocycles. The molecular weight excluding hydrogens is 346 g/mol. The predicted octanol–water partition coefficient (Wildman–Crippen LogP) is 4.22. The highest BCUT2D eigenvalue weighted by molar-refractivity contribution is 7.13. The van der Waals surface area contributed by atoms with Crippen LogP contribution >= 0.6 is 11.3 Å². The molecule has 0 aliphatic carbocycles. The van der Waals surface area contributed by atoms with Gasteiger partial charge in [0.15, 0.2) is 0 Å². The van der Waals surface area contributed by atoms with Gasteiger partial charge >= 0.3 is 0 Å². The highest BCUT2D eigenvalue weighted by Gasteiger charge is 2.18. The molecule has 3 rings (SSSR count). The van der Waals surface area contributed by atoms with Crippen LogP contribution in [0.15, 0.2) is 48.7 Å². The summed E-state index contributed by atoms with van der Waals surface area (Å²) >= 11 is 1.36. The third kappa shape index (κ3) is 4.46. The van der Waals surface area contributed by atoms with E-state index in [0.29, 0.717) is 22.9 Å². The molecule has 1 amide bonds. The largest absolute Gasteiger partial charge is 0.485 e. The molecular formula is C20H21N3O2S. The number of hydrogen-bond acceptors (Lipinski definition) is 5. The van der Waals surface area contributed by atoms with Crippen molar-refractivity contribution in [1.82, 2.24) is 15.3 Å². The predicted molar refractivity (Wildman–Crippen MR) is 102 cm³/mol. The standard InChI is InChI=1S/C20H21N3O2S/c1-13-9-10-17(11-21-13)25-12-18-22-15(3)19(26-18)20(24)23-14(2)16-7-5-4-6-8-16/h4-11,14H,12H2,1-3H3,(H,23,24). The molecule has 1 unspecified atom stereocenters. The molecule has 1 N–H and O–H groups in total. The van der Waals surface area contributed by atoms with Gasteiger partial charge in [0.1, 0.15) is 22.2 Å². The molecule has 0 spiro atoms. The fourth-order valence-electron chi connectivity index (χ4n) is 2.50. The van der Waals surface area contributed by atoms with Crippen molar-refractivity contribution in [3.63, 3.8) is 0 Å². The zero-order chi connectivity index (χ0) is 18.5. The first kappa shape index (κ1) is 18.1. The second kappa shape index (κ2) is 8.10. The number of benzene rings is 1. The van der Waals surface area contributed by atoms with Crippen LogP contribution in [0.4, 0.5) is 0 Å². The minimum absolute atomic E-state index is 0.0662. The molecule has 26 heavy (non-hydrogen) atoms. The van der Waals surface area contributed by atoms with Crippen molar-refractivity contribution in [2.24, 2.45) is 0 Å². The Morgan fingerprint density at radius 2 is 1.96 bits per heavy atom. The van der Waals surface area contributed by atoms with E-state index in [-0.39, 0.29) is 11.9 Å². The van der Waals surface area contributed by atoms with E-state index in [0.717, 1.165) is 16.3 Å². The molecule has 2 heterocycles. The third-order valence-corrected chi connectivity index (χ3v) is 5.07. The van der Waals surface area contributed by atoms with Crippen LogP contribution < -0.4 is 10.1 Å². The van der Waals surface area contributed by atoms with Crippen molar-refractivity contribution >= 4 is 17.2 Å². The van der Waals surface area contributed by atoms with Gasteiger partial charge < -0.3 is 10.1 Å². The zero-order valence-electron chi connectivity index (χ0n) is 15.0. The van der Waals surface area contributed by atoms with Gasteiger partial charge in [-0.05, 0) is 38.5 Å². The summed E-state index contributed by atoms with van der Waals surface area (Å²) in [5.74, 6) is 0.576. The second-order valence-electron chi connectivity index (χ2n) is 6.05. The topological polar surface area (TPSA) is 64.1 Å². The minimum Gasteiger partial charge on any atom is -0.485 e. The molecule has 0 aliphatic heterocycles. The number of nitrogens with zero attached hydrogens (tertiary/aromatic N) is 2. The number of thiazole rings is 1. The first-order chi connectivity index (χ1) is 12.5. The number of aryl methyl sites for hydroxylation is 2. The molecule has 0 saturated carbocycles. The van der Waals surface area contributed by atoms with Gasteiger partial charge in [0.25, 0.3) is 5.91 Å². The molecule has 5 nitrogen and oxygen atoms in total. The van der Waals surface area contributed by atoms with Crippen LogP contribution in [0.2, 0.25) is 0 Å². The summed E-state index contributed by atoms with van der Waals surface area (Å²) in [6.45, 7) is 6.06. The van der Waals surface area contributed by atoms with Crippen LogP contribution in [0.5, 0.6) is 5.75 Å². The SMILES string of the molecule is Cc1ccc(OCc2nc(C)c(C(=O)NC(C)c3ccccc3)s2)cn1. The normalized spacial score (nSPS) is 11.8. The fourth-order valence-corrected chi connectivity index (χ4v) is 3.38. The Morgan fingerprint density at radius 1 is 1.19 bits per heavy atom. The average Bonchev–Trinajstić information content (AvgIpc) is 3.03. The number of amides is 1. The number of aromatic nitrogens is 2. The molecule has 3 aromatic rings. The summed E-state index contributed by atoms with van der Waals surface area (Å²) in [5, 5.41) is 3.79. The van der Waals surface area contributed by atoms with E-state index < -0.39 is 0 Å². The van der Waals surface area contributed by atoms with Crippen molar-refractivity contribution in [1.29, 1.82) is 0 Å². The van der Waals surface area contributed by atoms with Crippen LogP contribution in [0.1, 0.15) is 44.6 Å². The number of carbonyl (C=O) groups is 1. The van der Waals surface area contributed by atoms with Gasteiger partial charge in [-0.3, -0.25) is 9.78 Å². The number of rotatable bonds is 6. The van der Waals surface area contributed by atoms with Gasteiger partial charge in [0.2, 0.25) is 0 Å². The van der Waals surface area contributed by atoms with E-state index in [1.165, 1.54) is 11.3 Å². The maximum absolute atomic E-state index is 12.6. The molecule has 1 atom stereocenters. The minimum atomic E-state index is -0.111. The van der Waals surface area contributed by atoms with Gasteiger partial charge in [0.05, 0.1) is 17.9 Å². The summed E-state index contributed by atoms with van der Waals surface area (Å²) < 4.78 is 5.70. The van der Waals surface area contributed by atoms with Crippen LogP contribution in [0.25, 0.3) is 0 Å². The lowest BCUT2D eigenvalue weighted by molar-refractivity contribution is 0.0943. The van der Waals surface area contributed by atoms with Gasteiger partial charge in [-0.1, -0.05) is 30.3 Å². The van der Waals surface area contributed by atoms with E-state index in [2.05, 4.69) is 15.3 Å². The van der Waals surface area contributed by atoms with Crippen molar-refractivity contribution in [2.45, 2.75) is 33.4 Å². The Hall–Kier alpha value is -2.73. The maximum atomic E-state index is 12.6. The number of pyridine rings is 1. The first-order valence-electron chi connectivity index (χ1n) is 8.40. The highest BCUT2D eigenvalue weighted by Crippen LogP contribution is 2.21.